The van der Waals surface area contributed by atoms with Crippen LogP contribution < -0.4 is 10.1 Å². The molecule has 3 heterocycles. The van der Waals surface area contributed by atoms with Crippen molar-refractivity contribution in [3.05, 3.63) is 60.2 Å². The molecule has 1 unspecified atom stereocenters. The lowest BCUT2D eigenvalue weighted by Crippen LogP contribution is -2.52. The number of fused-ring (bicyclic) bond motifs is 3. The summed E-state index contributed by atoms with van der Waals surface area (Å²) < 4.78 is 6.18. The summed E-state index contributed by atoms with van der Waals surface area (Å²) in [5.41, 5.74) is 1.44. The third-order valence-electron chi connectivity index (χ3n) is 5.03. The van der Waals surface area contributed by atoms with E-state index in [-0.39, 0.29) is 5.91 Å². The number of carbonyl (C=O) groups excluding carboxylic acids is 1. The van der Waals surface area contributed by atoms with E-state index in [2.05, 4.69) is 10.2 Å². The largest absolute Gasteiger partial charge is 0.489 e. The first-order valence-electron chi connectivity index (χ1n) is 8.63. The zero-order chi connectivity index (χ0) is 16.4. The third kappa shape index (κ3) is 3.29. The zero-order valence-corrected chi connectivity index (χ0v) is 13.7. The maximum absolute atomic E-state index is 12.2. The second-order valence-electron chi connectivity index (χ2n) is 6.64. The van der Waals surface area contributed by atoms with Crippen molar-refractivity contribution in [2.45, 2.75) is 18.9 Å². The molecule has 3 saturated heterocycles. The third-order valence-corrected chi connectivity index (χ3v) is 5.03. The molecule has 124 valence electrons. The van der Waals surface area contributed by atoms with E-state index in [9.17, 15) is 4.79 Å². The molecule has 0 saturated carbocycles. The molecule has 5 rings (SSSR count). The predicted molar refractivity (Wildman–Crippen MR) is 94.4 cm³/mol. The molecule has 0 radical (unpaired) electrons. The molecule has 0 spiro atoms. The van der Waals surface area contributed by atoms with Gasteiger partial charge in [-0.1, -0.05) is 18.2 Å². The van der Waals surface area contributed by atoms with Gasteiger partial charge in [-0.25, -0.2) is 0 Å². The second-order valence-corrected chi connectivity index (χ2v) is 6.64. The van der Waals surface area contributed by atoms with Gasteiger partial charge in [0.15, 0.2) is 0 Å². The average Bonchev–Trinajstić information content (AvgIpc) is 2.65. The van der Waals surface area contributed by atoms with Crippen molar-refractivity contribution in [3.63, 3.8) is 0 Å². The number of benzene rings is 2. The van der Waals surface area contributed by atoms with Gasteiger partial charge in [0.25, 0.3) is 5.91 Å². The summed E-state index contributed by atoms with van der Waals surface area (Å²) in [6.07, 6.45) is 2.79. The molecule has 3 fully saturated rings. The van der Waals surface area contributed by atoms with Crippen molar-refractivity contribution in [2.75, 3.05) is 25.0 Å². The van der Waals surface area contributed by atoms with Crippen molar-refractivity contribution < 1.29 is 9.53 Å². The Morgan fingerprint density at radius 1 is 1.00 bits per heavy atom. The van der Waals surface area contributed by atoms with Gasteiger partial charge in [-0.15, -0.1) is 0 Å². The highest BCUT2D eigenvalue weighted by Crippen LogP contribution is 2.31. The SMILES string of the molecule is O=C(Nc1ccc(OC2CN3CCC2CC3)cc1)c1ccccc1. The summed E-state index contributed by atoms with van der Waals surface area (Å²) in [5, 5.41) is 2.91. The Balaban J connectivity index is 1.37. The first-order valence-corrected chi connectivity index (χ1v) is 8.63. The molecule has 1 amide bonds. The Hall–Kier alpha value is -2.33. The van der Waals surface area contributed by atoms with E-state index in [4.69, 9.17) is 4.74 Å². The van der Waals surface area contributed by atoms with Gasteiger partial charge in [-0.05, 0) is 68.2 Å². The summed E-state index contributed by atoms with van der Waals surface area (Å²) in [7, 11) is 0. The number of rotatable bonds is 4. The van der Waals surface area contributed by atoms with E-state index in [0.29, 0.717) is 17.6 Å². The highest BCUT2D eigenvalue weighted by molar-refractivity contribution is 6.04. The molecule has 0 aliphatic carbocycles. The summed E-state index contributed by atoms with van der Waals surface area (Å²) in [4.78, 5) is 14.6. The first-order chi connectivity index (χ1) is 11.8. The number of hydrogen-bond donors (Lipinski definition) is 1. The van der Waals surface area contributed by atoms with E-state index >= 15 is 0 Å². The fraction of sp³-hybridized carbons (Fsp3) is 0.350. The van der Waals surface area contributed by atoms with Crippen LogP contribution in [0.4, 0.5) is 5.69 Å². The maximum atomic E-state index is 12.2. The van der Waals surface area contributed by atoms with Crippen molar-refractivity contribution in [1.82, 2.24) is 4.90 Å². The van der Waals surface area contributed by atoms with Gasteiger partial charge in [-0.3, -0.25) is 9.69 Å². The summed E-state index contributed by atoms with van der Waals surface area (Å²) in [5.74, 6) is 1.47. The minimum atomic E-state index is -0.0957. The van der Waals surface area contributed by atoms with E-state index in [1.165, 1.54) is 25.9 Å². The lowest BCUT2D eigenvalue weighted by molar-refractivity contribution is -0.00775. The van der Waals surface area contributed by atoms with Crippen LogP contribution in [0, 0.1) is 5.92 Å². The van der Waals surface area contributed by atoms with Gasteiger partial charge in [0.1, 0.15) is 11.9 Å². The van der Waals surface area contributed by atoms with Crippen molar-refractivity contribution in [1.29, 1.82) is 0 Å². The van der Waals surface area contributed by atoms with E-state index in [1.54, 1.807) is 12.1 Å². The number of piperidine rings is 3. The van der Waals surface area contributed by atoms with Crippen LogP contribution in [0.5, 0.6) is 5.75 Å². The smallest absolute Gasteiger partial charge is 0.255 e. The molecule has 24 heavy (non-hydrogen) atoms. The number of nitrogens with one attached hydrogen (secondary N) is 1. The van der Waals surface area contributed by atoms with Crippen LogP contribution >= 0.6 is 0 Å². The molecular weight excluding hydrogens is 300 g/mol. The van der Waals surface area contributed by atoms with Gasteiger partial charge < -0.3 is 10.1 Å². The Morgan fingerprint density at radius 3 is 2.33 bits per heavy atom. The molecule has 2 bridgehead atoms. The van der Waals surface area contributed by atoms with Gasteiger partial charge in [0, 0.05) is 17.8 Å². The fourth-order valence-corrected chi connectivity index (χ4v) is 3.63. The minimum absolute atomic E-state index is 0.0957. The van der Waals surface area contributed by atoms with Crippen LogP contribution in [0.25, 0.3) is 0 Å². The molecule has 2 aromatic rings. The quantitative estimate of drug-likeness (QED) is 0.938. The summed E-state index contributed by atoms with van der Waals surface area (Å²) in [6, 6.07) is 16.9. The normalized spacial score (nSPS) is 25.2. The fourth-order valence-electron chi connectivity index (χ4n) is 3.63. The Morgan fingerprint density at radius 2 is 1.71 bits per heavy atom. The number of ether oxygens (including phenoxy) is 1. The van der Waals surface area contributed by atoms with Gasteiger partial charge in [-0.2, -0.15) is 0 Å². The molecule has 2 aromatic carbocycles. The highest BCUT2D eigenvalue weighted by Gasteiger charge is 2.35. The van der Waals surface area contributed by atoms with Gasteiger partial charge in [0.2, 0.25) is 0 Å². The number of anilines is 1. The van der Waals surface area contributed by atoms with Crippen LogP contribution in [-0.4, -0.2) is 36.5 Å². The topological polar surface area (TPSA) is 41.6 Å². The Bertz CT molecular complexity index is 691. The summed E-state index contributed by atoms with van der Waals surface area (Å²) >= 11 is 0. The monoisotopic (exact) mass is 322 g/mol. The van der Waals surface area contributed by atoms with Crippen LogP contribution in [0.15, 0.2) is 54.6 Å². The highest BCUT2D eigenvalue weighted by atomic mass is 16.5. The molecule has 4 heteroatoms. The van der Waals surface area contributed by atoms with E-state index in [0.717, 1.165) is 18.0 Å². The molecule has 3 aliphatic rings. The lowest BCUT2D eigenvalue weighted by Gasteiger charge is -2.44. The first kappa shape index (κ1) is 15.2. The van der Waals surface area contributed by atoms with Crippen LogP contribution in [0.2, 0.25) is 0 Å². The molecule has 3 aliphatic heterocycles. The molecule has 0 aromatic heterocycles. The summed E-state index contributed by atoms with van der Waals surface area (Å²) in [6.45, 7) is 3.47. The van der Waals surface area contributed by atoms with Crippen molar-refractivity contribution >= 4 is 11.6 Å². The number of nitrogens with zero attached hydrogens (tertiary/aromatic N) is 1. The molecule has 4 nitrogen and oxygen atoms in total. The molecule has 1 atom stereocenters. The minimum Gasteiger partial charge on any atom is -0.489 e. The lowest BCUT2D eigenvalue weighted by atomic mass is 9.86. The zero-order valence-electron chi connectivity index (χ0n) is 13.7. The Kier molecular flexibility index (Phi) is 4.22. The molecule has 1 N–H and O–H groups in total. The molecular formula is C20H22N2O2. The van der Waals surface area contributed by atoms with Crippen LogP contribution in [-0.2, 0) is 0 Å². The van der Waals surface area contributed by atoms with E-state index < -0.39 is 0 Å². The predicted octanol–water partition coefficient (Wildman–Crippen LogP) is 3.41. The number of hydrogen-bond acceptors (Lipinski definition) is 3. The van der Waals surface area contributed by atoms with E-state index in [1.807, 2.05) is 42.5 Å². The number of amides is 1. The second kappa shape index (κ2) is 6.65. The Labute approximate surface area is 142 Å². The maximum Gasteiger partial charge on any atom is 0.255 e. The van der Waals surface area contributed by atoms with Crippen molar-refractivity contribution in [2.24, 2.45) is 5.92 Å². The average molecular weight is 322 g/mol. The number of carbonyl (C=O) groups is 1. The van der Waals surface area contributed by atoms with Crippen LogP contribution in [0.3, 0.4) is 0 Å². The van der Waals surface area contributed by atoms with Gasteiger partial charge >= 0.3 is 0 Å². The van der Waals surface area contributed by atoms with Crippen LogP contribution in [0.1, 0.15) is 23.2 Å². The van der Waals surface area contributed by atoms with Gasteiger partial charge in [0.05, 0.1) is 0 Å². The standard InChI is InChI=1S/C20H22N2O2/c23-20(16-4-2-1-3-5-16)21-17-6-8-18(9-7-17)24-19-14-22-12-10-15(19)11-13-22/h1-9,15,19H,10-14H2,(H,21,23). The van der Waals surface area contributed by atoms with Crippen molar-refractivity contribution in [3.8, 4) is 5.75 Å².